The molecule has 3 rings (SSSR count). The number of aromatic nitrogens is 3. The first kappa shape index (κ1) is 13.1. The number of imidazole rings is 1. The first-order valence-corrected chi connectivity index (χ1v) is 6.92. The molecular formula is C14H15ClN4O. The van der Waals surface area contributed by atoms with Gasteiger partial charge in [0.1, 0.15) is 11.5 Å². The van der Waals surface area contributed by atoms with Crippen LogP contribution in [0, 0.1) is 5.92 Å². The van der Waals surface area contributed by atoms with E-state index < -0.39 is 0 Å². The molecule has 1 fully saturated rings. The van der Waals surface area contributed by atoms with Crippen LogP contribution in [0.4, 0.5) is 0 Å². The molecule has 0 aromatic carbocycles. The monoisotopic (exact) mass is 290 g/mol. The van der Waals surface area contributed by atoms with E-state index in [0.717, 1.165) is 18.7 Å². The minimum absolute atomic E-state index is 0.0556. The van der Waals surface area contributed by atoms with Crippen LogP contribution in [0.2, 0.25) is 5.02 Å². The summed E-state index contributed by atoms with van der Waals surface area (Å²) in [6, 6.07) is 3.23. The SMILES string of the molecule is Cn1ccnc1C(NC(=O)c1ccc(Cl)cn1)C1CC1. The lowest BCUT2D eigenvalue weighted by atomic mass is 10.1. The molecule has 1 aliphatic carbocycles. The van der Waals surface area contributed by atoms with Gasteiger partial charge in [-0.25, -0.2) is 9.97 Å². The van der Waals surface area contributed by atoms with Crippen molar-refractivity contribution in [2.45, 2.75) is 18.9 Å². The average Bonchev–Trinajstić information content (AvgIpc) is 3.19. The Morgan fingerprint density at radius 1 is 1.45 bits per heavy atom. The molecule has 1 N–H and O–H groups in total. The Balaban J connectivity index is 1.79. The highest BCUT2D eigenvalue weighted by Gasteiger charge is 2.35. The molecule has 0 aliphatic heterocycles. The first-order chi connectivity index (χ1) is 9.65. The van der Waals surface area contributed by atoms with Gasteiger partial charge in [0.2, 0.25) is 0 Å². The summed E-state index contributed by atoms with van der Waals surface area (Å²) >= 11 is 5.78. The molecule has 1 aliphatic rings. The fourth-order valence-electron chi connectivity index (χ4n) is 2.22. The van der Waals surface area contributed by atoms with Crippen molar-refractivity contribution in [3.63, 3.8) is 0 Å². The maximum Gasteiger partial charge on any atom is 0.270 e. The smallest absolute Gasteiger partial charge is 0.270 e. The lowest BCUT2D eigenvalue weighted by Crippen LogP contribution is -2.32. The van der Waals surface area contributed by atoms with E-state index in [1.165, 1.54) is 6.20 Å². The Labute approximate surface area is 122 Å². The summed E-state index contributed by atoms with van der Waals surface area (Å²) in [7, 11) is 1.93. The van der Waals surface area contributed by atoms with Crippen LogP contribution >= 0.6 is 11.6 Å². The Morgan fingerprint density at radius 2 is 2.25 bits per heavy atom. The molecule has 104 valence electrons. The summed E-state index contributed by atoms with van der Waals surface area (Å²) in [5.41, 5.74) is 0.370. The van der Waals surface area contributed by atoms with E-state index in [9.17, 15) is 4.79 Å². The Morgan fingerprint density at radius 3 is 2.80 bits per heavy atom. The lowest BCUT2D eigenvalue weighted by molar-refractivity contribution is 0.0924. The first-order valence-electron chi connectivity index (χ1n) is 6.55. The van der Waals surface area contributed by atoms with Crippen molar-refractivity contribution >= 4 is 17.5 Å². The minimum atomic E-state index is -0.193. The molecule has 2 aromatic rings. The quantitative estimate of drug-likeness (QED) is 0.940. The lowest BCUT2D eigenvalue weighted by Gasteiger charge is -2.17. The summed E-state index contributed by atoms with van der Waals surface area (Å²) in [6.45, 7) is 0. The fourth-order valence-corrected chi connectivity index (χ4v) is 2.34. The largest absolute Gasteiger partial charge is 0.340 e. The van der Waals surface area contributed by atoms with E-state index in [4.69, 9.17) is 11.6 Å². The van der Waals surface area contributed by atoms with Crippen LogP contribution in [0.25, 0.3) is 0 Å². The van der Waals surface area contributed by atoms with Crippen molar-refractivity contribution in [1.29, 1.82) is 0 Å². The van der Waals surface area contributed by atoms with Crippen LogP contribution in [-0.2, 0) is 7.05 Å². The predicted molar refractivity (Wildman–Crippen MR) is 75.4 cm³/mol. The topological polar surface area (TPSA) is 59.8 Å². The highest BCUT2D eigenvalue weighted by molar-refractivity contribution is 6.30. The van der Waals surface area contributed by atoms with Gasteiger partial charge in [0.15, 0.2) is 0 Å². The molecule has 1 saturated carbocycles. The van der Waals surface area contributed by atoms with Gasteiger partial charge in [-0.3, -0.25) is 4.79 Å². The van der Waals surface area contributed by atoms with Crippen molar-refractivity contribution in [2.75, 3.05) is 0 Å². The van der Waals surface area contributed by atoms with E-state index in [0.29, 0.717) is 16.6 Å². The van der Waals surface area contributed by atoms with E-state index in [2.05, 4.69) is 15.3 Å². The van der Waals surface area contributed by atoms with Crippen LogP contribution in [-0.4, -0.2) is 20.4 Å². The highest BCUT2D eigenvalue weighted by Crippen LogP contribution is 2.40. The molecule has 1 unspecified atom stereocenters. The molecule has 0 spiro atoms. The zero-order valence-electron chi connectivity index (χ0n) is 11.1. The second-order valence-electron chi connectivity index (χ2n) is 5.05. The van der Waals surface area contributed by atoms with Gasteiger partial charge in [-0.15, -0.1) is 0 Å². The van der Waals surface area contributed by atoms with Crippen LogP contribution < -0.4 is 5.32 Å². The standard InChI is InChI=1S/C14H15ClN4O/c1-19-7-6-16-13(19)12(9-2-3-9)18-14(20)11-5-4-10(15)8-17-11/h4-9,12H,2-3H2,1H3,(H,18,20). The van der Waals surface area contributed by atoms with Crippen LogP contribution in [0.5, 0.6) is 0 Å². The van der Waals surface area contributed by atoms with E-state index in [1.807, 2.05) is 17.8 Å². The maximum absolute atomic E-state index is 12.3. The molecule has 5 nitrogen and oxygen atoms in total. The molecule has 1 atom stereocenters. The van der Waals surface area contributed by atoms with Gasteiger partial charge in [-0.05, 0) is 30.9 Å². The Kier molecular flexibility index (Phi) is 3.44. The summed E-state index contributed by atoms with van der Waals surface area (Å²) in [5, 5.41) is 3.55. The Bertz CT molecular complexity index is 618. The van der Waals surface area contributed by atoms with Gasteiger partial charge in [0.05, 0.1) is 11.1 Å². The number of amides is 1. The minimum Gasteiger partial charge on any atom is -0.340 e. The maximum atomic E-state index is 12.3. The second kappa shape index (κ2) is 5.25. The van der Waals surface area contributed by atoms with E-state index in [-0.39, 0.29) is 11.9 Å². The molecule has 1 amide bonds. The number of aryl methyl sites for hydroxylation is 1. The van der Waals surface area contributed by atoms with Crippen molar-refractivity contribution in [1.82, 2.24) is 19.9 Å². The third-order valence-corrected chi connectivity index (χ3v) is 3.70. The van der Waals surface area contributed by atoms with Crippen molar-refractivity contribution in [3.05, 3.63) is 47.3 Å². The number of pyridine rings is 1. The molecule has 2 aromatic heterocycles. The predicted octanol–water partition coefficient (Wildman–Crippen LogP) is 2.35. The number of nitrogens with zero attached hydrogens (tertiary/aromatic N) is 3. The second-order valence-corrected chi connectivity index (χ2v) is 5.48. The van der Waals surface area contributed by atoms with Gasteiger partial charge in [0, 0.05) is 25.6 Å². The molecular weight excluding hydrogens is 276 g/mol. The van der Waals surface area contributed by atoms with Gasteiger partial charge in [-0.1, -0.05) is 11.6 Å². The molecule has 2 heterocycles. The fraction of sp³-hybridized carbons (Fsp3) is 0.357. The van der Waals surface area contributed by atoms with E-state index in [1.54, 1.807) is 18.3 Å². The summed E-state index contributed by atoms with van der Waals surface area (Å²) in [6.07, 6.45) is 7.34. The van der Waals surface area contributed by atoms with Crippen molar-refractivity contribution in [2.24, 2.45) is 13.0 Å². The average molecular weight is 291 g/mol. The third kappa shape index (κ3) is 2.67. The number of rotatable bonds is 4. The van der Waals surface area contributed by atoms with Crippen molar-refractivity contribution < 1.29 is 4.79 Å². The molecule has 0 radical (unpaired) electrons. The molecule has 6 heteroatoms. The number of hydrogen-bond donors (Lipinski definition) is 1. The van der Waals surface area contributed by atoms with Crippen LogP contribution in [0.1, 0.15) is 35.2 Å². The molecule has 0 bridgehead atoms. The van der Waals surface area contributed by atoms with Gasteiger partial charge in [-0.2, -0.15) is 0 Å². The normalized spacial score (nSPS) is 15.9. The number of carbonyl (C=O) groups excluding carboxylic acids is 1. The van der Waals surface area contributed by atoms with Gasteiger partial charge < -0.3 is 9.88 Å². The van der Waals surface area contributed by atoms with Crippen LogP contribution in [0.15, 0.2) is 30.7 Å². The number of halogens is 1. The summed E-state index contributed by atoms with van der Waals surface area (Å²) in [5.74, 6) is 1.16. The number of carbonyl (C=O) groups is 1. The van der Waals surface area contributed by atoms with Gasteiger partial charge >= 0.3 is 0 Å². The highest BCUT2D eigenvalue weighted by atomic mass is 35.5. The zero-order chi connectivity index (χ0) is 14.1. The zero-order valence-corrected chi connectivity index (χ0v) is 11.8. The van der Waals surface area contributed by atoms with Crippen molar-refractivity contribution in [3.8, 4) is 0 Å². The van der Waals surface area contributed by atoms with E-state index >= 15 is 0 Å². The number of nitrogens with one attached hydrogen (secondary N) is 1. The summed E-state index contributed by atoms with van der Waals surface area (Å²) < 4.78 is 1.94. The number of hydrogen-bond acceptors (Lipinski definition) is 3. The molecule has 0 saturated heterocycles. The van der Waals surface area contributed by atoms with Gasteiger partial charge in [0.25, 0.3) is 5.91 Å². The molecule has 20 heavy (non-hydrogen) atoms. The third-order valence-electron chi connectivity index (χ3n) is 3.48. The van der Waals surface area contributed by atoms with Crippen LogP contribution in [0.3, 0.4) is 0 Å². The summed E-state index contributed by atoms with van der Waals surface area (Å²) in [4.78, 5) is 20.6. The Hall–Kier alpha value is -1.88.